The minimum Gasteiger partial charge on any atom is -0.493 e. The second kappa shape index (κ2) is 20.9. The van der Waals surface area contributed by atoms with Crippen molar-refractivity contribution < 1.29 is 77.6 Å². The summed E-state index contributed by atoms with van der Waals surface area (Å²) in [4.78, 5) is 69.6. The van der Waals surface area contributed by atoms with E-state index >= 15 is 0 Å². The Bertz CT molecular complexity index is 1800. The molecule has 21 nitrogen and oxygen atoms in total. The van der Waals surface area contributed by atoms with Crippen molar-refractivity contribution in [3.05, 3.63) is 11.8 Å². The Balaban J connectivity index is 1.80. The number of carbonyl (C=O) groups is 5. The number of amides is 4. The molecule has 2 unspecified atom stereocenters. The molecular weight excluding hydrogens is 879 g/mol. The number of carbonyl (C=O) groups excluding carboxylic acids is 5. The Morgan fingerprint density at radius 2 is 1.46 bits per heavy atom. The van der Waals surface area contributed by atoms with Crippen LogP contribution in [-0.2, 0) is 42.7 Å². The molecule has 12 atom stereocenters. The Morgan fingerprint density at radius 1 is 0.866 bits per heavy atom. The van der Waals surface area contributed by atoms with E-state index in [1.54, 1.807) is 89.2 Å². The fraction of sp³-hybridized carbons (Fsp3) is 0.848. The molecule has 3 fully saturated rings. The second-order valence-corrected chi connectivity index (χ2v) is 22.6. The average molecular weight is 958 g/mol. The van der Waals surface area contributed by atoms with Crippen molar-refractivity contribution in [2.24, 2.45) is 17.6 Å². The van der Waals surface area contributed by atoms with Gasteiger partial charge in [-0.1, -0.05) is 0 Å². The van der Waals surface area contributed by atoms with E-state index in [-0.39, 0.29) is 38.8 Å². The topological polar surface area (TPSA) is 287 Å². The number of rotatable bonds is 11. The lowest BCUT2D eigenvalue weighted by molar-refractivity contribution is -0.306. The SMILES string of the molecule is CN(C(=O)OC(C)(C)C)[C@@H]1[C@@H](O)[C@@H](O[C@H]2[C@H](NC(=O)C3(O)CCN(C(=O)OC(C)(C)C)C3)C[C@H](NC(=O)OC(C)(C)C)C([C@H]3OC(CN)=CC[C@H]3CCC(=O)OC(C)(C)C)[C@@H]2O)OC[C@]1(C)O. The van der Waals surface area contributed by atoms with Crippen LogP contribution in [0.15, 0.2) is 11.8 Å². The molecule has 0 aromatic heterocycles. The number of nitrogens with zero attached hydrogens (tertiary/aromatic N) is 2. The van der Waals surface area contributed by atoms with Crippen molar-refractivity contribution in [1.82, 2.24) is 20.4 Å². The quantitative estimate of drug-likeness (QED) is 0.116. The van der Waals surface area contributed by atoms with E-state index in [2.05, 4.69) is 10.6 Å². The van der Waals surface area contributed by atoms with E-state index in [9.17, 15) is 44.4 Å². The molecule has 67 heavy (non-hydrogen) atoms. The van der Waals surface area contributed by atoms with Gasteiger partial charge >= 0.3 is 24.2 Å². The zero-order valence-electron chi connectivity index (χ0n) is 41.9. The molecule has 4 rings (SSSR count). The average Bonchev–Trinajstić information content (AvgIpc) is 3.57. The molecule has 4 amide bonds. The van der Waals surface area contributed by atoms with Crippen LogP contribution in [0.2, 0.25) is 0 Å². The first-order valence-electron chi connectivity index (χ1n) is 23.1. The molecule has 21 heteroatoms. The molecule has 0 aromatic carbocycles. The van der Waals surface area contributed by atoms with Crippen LogP contribution in [0.5, 0.6) is 0 Å². The summed E-state index contributed by atoms with van der Waals surface area (Å²) in [5.74, 6) is -2.60. The van der Waals surface area contributed by atoms with Gasteiger partial charge < -0.3 is 79.8 Å². The lowest BCUT2D eigenvalue weighted by atomic mass is 9.70. The third-order valence-electron chi connectivity index (χ3n) is 11.7. The second-order valence-electron chi connectivity index (χ2n) is 22.6. The number of β-amino-alcohol motifs (C(OH)–C–C–N with tert-alkyl or cyclic N) is 1. The molecule has 4 aliphatic rings. The van der Waals surface area contributed by atoms with Gasteiger partial charge in [-0.2, -0.15) is 0 Å². The predicted molar refractivity (Wildman–Crippen MR) is 241 cm³/mol. The standard InChI is InChI=1S/C46H79N5O16/c1-41(2,3)64-29(52)18-16-25-15-17-26(22-47)62-33(25)30-27(49-38(56)65-42(4,5)6)21-28(48-37(55)46(60)19-20-51(23-46)40(58)67-44(10,11)12)34(31(30)53)63-36-32(54)35(45(13,59)24-61-36)50(14)39(57)66-43(7,8)9/h17,25,27-28,30-36,53-54,59-60H,15-16,18-24,47H2,1-14H3,(H,48,55)(H,49,56)/t25-,27-,28+,30?,31-,32+,33-,34-,35+,36+,45-,46?/m0/s1. The summed E-state index contributed by atoms with van der Waals surface area (Å²) < 4.78 is 41.2. The van der Waals surface area contributed by atoms with E-state index in [0.29, 0.717) is 12.2 Å². The third kappa shape index (κ3) is 15.2. The number of aliphatic hydroxyl groups excluding tert-OH is 2. The lowest BCUT2D eigenvalue weighted by Gasteiger charge is -2.52. The Hall–Kier alpha value is -3.99. The van der Waals surface area contributed by atoms with E-state index < -0.39 is 138 Å². The molecule has 1 saturated carbocycles. The van der Waals surface area contributed by atoms with Gasteiger partial charge in [-0.15, -0.1) is 0 Å². The number of likely N-dealkylation sites (N-methyl/N-ethyl adjacent to an activating group) is 1. The summed E-state index contributed by atoms with van der Waals surface area (Å²) in [5, 5.41) is 53.8. The van der Waals surface area contributed by atoms with Crippen molar-refractivity contribution in [3.63, 3.8) is 0 Å². The van der Waals surface area contributed by atoms with Crippen molar-refractivity contribution in [2.45, 2.75) is 205 Å². The summed E-state index contributed by atoms with van der Waals surface area (Å²) in [5.41, 5.74) is -1.39. The highest BCUT2D eigenvalue weighted by Gasteiger charge is 2.57. The molecule has 0 radical (unpaired) electrons. The molecule has 3 aliphatic heterocycles. The van der Waals surface area contributed by atoms with Crippen LogP contribution in [0, 0.1) is 11.8 Å². The highest BCUT2D eigenvalue weighted by molar-refractivity contribution is 5.87. The van der Waals surface area contributed by atoms with Gasteiger partial charge in [0.2, 0.25) is 0 Å². The van der Waals surface area contributed by atoms with Crippen molar-refractivity contribution >= 4 is 30.2 Å². The summed E-state index contributed by atoms with van der Waals surface area (Å²) in [6, 6.07) is -3.74. The summed E-state index contributed by atoms with van der Waals surface area (Å²) >= 11 is 0. The minimum atomic E-state index is -2.14. The van der Waals surface area contributed by atoms with Gasteiger partial charge in [-0.25, -0.2) is 14.4 Å². The smallest absolute Gasteiger partial charge is 0.410 e. The molecule has 2 saturated heterocycles. The number of allylic oxidation sites excluding steroid dienone is 1. The number of nitrogens with one attached hydrogen (secondary N) is 2. The van der Waals surface area contributed by atoms with Gasteiger partial charge in [0.15, 0.2) is 11.9 Å². The van der Waals surface area contributed by atoms with Crippen LogP contribution in [0.4, 0.5) is 14.4 Å². The molecule has 1 aliphatic carbocycles. The number of hydrogen-bond donors (Lipinski definition) is 7. The lowest BCUT2D eigenvalue weighted by Crippen LogP contribution is -2.70. The molecule has 8 N–H and O–H groups in total. The monoisotopic (exact) mass is 958 g/mol. The van der Waals surface area contributed by atoms with Gasteiger partial charge in [0.25, 0.3) is 5.91 Å². The van der Waals surface area contributed by atoms with E-state index in [1.165, 1.54) is 18.9 Å². The largest absolute Gasteiger partial charge is 0.493 e. The van der Waals surface area contributed by atoms with Gasteiger partial charge in [-0.05, 0) is 115 Å². The van der Waals surface area contributed by atoms with Crippen molar-refractivity contribution in [3.8, 4) is 0 Å². The first-order valence-corrected chi connectivity index (χ1v) is 23.1. The first kappa shape index (κ1) is 55.6. The molecule has 3 heterocycles. The molecule has 0 spiro atoms. The molecule has 0 aromatic rings. The van der Waals surface area contributed by atoms with Crippen molar-refractivity contribution in [1.29, 1.82) is 0 Å². The van der Waals surface area contributed by atoms with E-state index in [4.69, 9.17) is 38.9 Å². The fourth-order valence-corrected chi connectivity index (χ4v) is 8.94. The van der Waals surface area contributed by atoms with E-state index in [1.807, 2.05) is 0 Å². The Labute approximate surface area is 394 Å². The molecule has 384 valence electrons. The molecule has 0 bridgehead atoms. The van der Waals surface area contributed by atoms with Crippen LogP contribution >= 0.6 is 0 Å². The van der Waals surface area contributed by atoms with Crippen LogP contribution in [0.25, 0.3) is 0 Å². The number of aliphatic hydroxyl groups is 4. The van der Waals surface area contributed by atoms with Crippen LogP contribution in [0.1, 0.15) is 122 Å². The van der Waals surface area contributed by atoms with Crippen molar-refractivity contribution in [2.75, 3.05) is 33.3 Å². The maximum Gasteiger partial charge on any atom is 0.410 e. The summed E-state index contributed by atoms with van der Waals surface area (Å²) in [6.45, 7) is 20.7. The maximum absolute atomic E-state index is 14.3. The highest BCUT2D eigenvalue weighted by atomic mass is 16.7. The van der Waals surface area contributed by atoms with Gasteiger partial charge in [0.05, 0.1) is 37.9 Å². The summed E-state index contributed by atoms with van der Waals surface area (Å²) in [7, 11) is 1.34. The normalized spacial score (nSPS) is 32.8. The third-order valence-corrected chi connectivity index (χ3v) is 11.7. The zero-order valence-corrected chi connectivity index (χ0v) is 41.9. The van der Waals surface area contributed by atoms with E-state index in [0.717, 1.165) is 4.90 Å². The molecular formula is C46H79N5O16. The zero-order chi connectivity index (χ0) is 50.8. The highest BCUT2D eigenvalue weighted by Crippen LogP contribution is 2.42. The van der Waals surface area contributed by atoms with Crippen LogP contribution in [-0.4, -0.2) is 176 Å². The van der Waals surface area contributed by atoms with Crippen LogP contribution in [0.3, 0.4) is 0 Å². The van der Waals surface area contributed by atoms with Gasteiger partial charge in [0, 0.05) is 44.3 Å². The minimum absolute atomic E-state index is 0.0195. The fourth-order valence-electron chi connectivity index (χ4n) is 8.94. The predicted octanol–water partition coefficient (Wildman–Crippen LogP) is 2.58. The number of likely N-dealkylation sites (tertiary alicyclic amines) is 1. The van der Waals surface area contributed by atoms with Gasteiger partial charge in [-0.3, -0.25) is 9.59 Å². The number of nitrogens with two attached hydrogens (primary N) is 1. The van der Waals surface area contributed by atoms with Gasteiger partial charge in [0.1, 0.15) is 52.1 Å². The van der Waals surface area contributed by atoms with Crippen LogP contribution < -0.4 is 16.4 Å². The maximum atomic E-state index is 14.3. The number of alkyl carbamates (subject to hydrolysis) is 1. The Morgan fingerprint density at radius 3 is 2.03 bits per heavy atom. The summed E-state index contributed by atoms with van der Waals surface area (Å²) in [6.07, 6.45) is -8.16. The Kier molecular flexibility index (Phi) is 17.4. The number of hydrogen-bond acceptors (Lipinski definition) is 17. The number of esters is 1. The first-order chi connectivity index (χ1) is 30.5. The number of ether oxygens (including phenoxy) is 7.